The molecule has 1 aromatic rings. The third-order valence-corrected chi connectivity index (χ3v) is 3.10. The Morgan fingerprint density at radius 1 is 1.42 bits per heavy atom. The van der Waals surface area contributed by atoms with Crippen LogP contribution in [0.1, 0.15) is 23.2 Å². The molecule has 2 rings (SSSR count). The summed E-state index contributed by atoms with van der Waals surface area (Å²) in [6, 6.07) is 4.71. The van der Waals surface area contributed by atoms with Gasteiger partial charge >= 0.3 is 0 Å². The van der Waals surface area contributed by atoms with Crippen molar-refractivity contribution >= 4 is 11.6 Å². The molecule has 0 unspecified atom stereocenters. The molecule has 1 aliphatic rings. The summed E-state index contributed by atoms with van der Waals surface area (Å²) in [6.07, 6.45) is 1.57. The van der Waals surface area contributed by atoms with Crippen LogP contribution in [0.15, 0.2) is 23.4 Å². The minimum Gasteiger partial charge on any atom is -0.497 e. The number of benzene rings is 1. The van der Waals surface area contributed by atoms with Gasteiger partial charge in [0.2, 0.25) is 0 Å². The zero-order chi connectivity index (χ0) is 13.7. The molecule has 1 fully saturated rings. The van der Waals surface area contributed by atoms with Gasteiger partial charge in [0.05, 0.1) is 12.7 Å². The Labute approximate surface area is 111 Å². The van der Waals surface area contributed by atoms with Crippen molar-refractivity contribution in [3.63, 3.8) is 0 Å². The number of methoxy groups -OCH3 is 1. The Bertz CT molecular complexity index is 470. The highest BCUT2D eigenvalue weighted by molar-refractivity contribution is 5.99. The average Bonchev–Trinajstić information content (AvgIpc) is 2.47. The first kappa shape index (κ1) is 13.5. The Hall–Kier alpha value is -1.95. The first-order valence-corrected chi connectivity index (χ1v) is 6.14. The molecule has 0 saturated carbocycles. The number of rotatable bonds is 4. The standard InChI is InChI=1S/C13H16N2O4/c1-18-10-2-3-11(12(8-10)15-17)13(16)14-9-4-6-19-7-5-9/h2-3,8-9H,4-7H2,1H3,(H,14,16). The largest absolute Gasteiger partial charge is 0.497 e. The van der Waals surface area contributed by atoms with Crippen LogP contribution >= 0.6 is 0 Å². The molecule has 102 valence electrons. The van der Waals surface area contributed by atoms with Crippen molar-refractivity contribution in [3.8, 4) is 5.75 Å². The summed E-state index contributed by atoms with van der Waals surface area (Å²) in [6.45, 7) is 1.29. The third kappa shape index (κ3) is 3.29. The number of amides is 1. The lowest BCUT2D eigenvalue weighted by atomic mass is 10.1. The van der Waals surface area contributed by atoms with Gasteiger partial charge < -0.3 is 14.8 Å². The van der Waals surface area contributed by atoms with Crippen LogP contribution in [0, 0.1) is 4.91 Å². The maximum absolute atomic E-state index is 12.1. The summed E-state index contributed by atoms with van der Waals surface area (Å²) in [4.78, 5) is 22.9. The predicted octanol–water partition coefficient (Wildman–Crippen LogP) is 2.00. The van der Waals surface area contributed by atoms with Crippen LogP contribution in [0.2, 0.25) is 0 Å². The minimum absolute atomic E-state index is 0.0860. The third-order valence-electron chi connectivity index (χ3n) is 3.10. The first-order chi connectivity index (χ1) is 9.24. The fourth-order valence-electron chi connectivity index (χ4n) is 2.01. The van der Waals surface area contributed by atoms with E-state index in [0.717, 1.165) is 12.8 Å². The van der Waals surface area contributed by atoms with Crippen LogP contribution in [-0.4, -0.2) is 32.3 Å². The van der Waals surface area contributed by atoms with Crippen molar-refractivity contribution in [1.82, 2.24) is 5.32 Å². The van der Waals surface area contributed by atoms with Crippen molar-refractivity contribution in [2.24, 2.45) is 5.18 Å². The Morgan fingerprint density at radius 2 is 2.16 bits per heavy atom. The lowest BCUT2D eigenvalue weighted by Gasteiger charge is -2.23. The summed E-state index contributed by atoms with van der Waals surface area (Å²) in [5.74, 6) is 0.210. The van der Waals surface area contributed by atoms with Gasteiger partial charge in [-0.15, -0.1) is 4.91 Å². The van der Waals surface area contributed by atoms with E-state index < -0.39 is 0 Å². The van der Waals surface area contributed by atoms with Gasteiger partial charge in [-0.3, -0.25) is 4.79 Å². The van der Waals surface area contributed by atoms with E-state index in [9.17, 15) is 9.70 Å². The number of nitroso groups, excluding NO2 is 1. The molecule has 1 saturated heterocycles. The summed E-state index contributed by atoms with van der Waals surface area (Å²) >= 11 is 0. The molecule has 0 spiro atoms. The Kier molecular flexibility index (Phi) is 4.46. The molecule has 6 nitrogen and oxygen atoms in total. The van der Waals surface area contributed by atoms with Gasteiger partial charge in [-0.2, -0.15) is 0 Å². The van der Waals surface area contributed by atoms with Crippen LogP contribution < -0.4 is 10.1 Å². The van der Waals surface area contributed by atoms with Crippen molar-refractivity contribution < 1.29 is 14.3 Å². The molecule has 0 bridgehead atoms. The smallest absolute Gasteiger partial charge is 0.253 e. The summed E-state index contributed by atoms with van der Waals surface area (Å²) in [5.41, 5.74) is 0.353. The van der Waals surface area contributed by atoms with Crippen molar-refractivity contribution in [1.29, 1.82) is 0 Å². The monoisotopic (exact) mass is 264 g/mol. The fraction of sp³-hybridized carbons (Fsp3) is 0.462. The summed E-state index contributed by atoms with van der Waals surface area (Å²) in [5, 5.41) is 5.77. The van der Waals surface area contributed by atoms with E-state index in [1.54, 1.807) is 12.1 Å². The molecule has 1 aromatic carbocycles. The summed E-state index contributed by atoms with van der Waals surface area (Å²) < 4.78 is 10.2. The molecular weight excluding hydrogens is 248 g/mol. The molecule has 6 heteroatoms. The van der Waals surface area contributed by atoms with Crippen LogP contribution in [0.4, 0.5) is 5.69 Å². The van der Waals surface area contributed by atoms with Crippen molar-refractivity contribution in [3.05, 3.63) is 28.7 Å². The number of nitrogens with zero attached hydrogens (tertiary/aromatic N) is 1. The Balaban J connectivity index is 2.11. The van der Waals surface area contributed by atoms with E-state index in [0.29, 0.717) is 19.0 Å². The van der Waals surface area contributed by atoms with E-state index in [-0.39, 0.29) is 23.2 Å². The maximum Gasteiger partial charge on any atom is 0.253 e. The van der Waals surface area contributed by atoms with Crippen LogP contribution in [0.5, 0.6) is 5.75 Å². The molecular formula is C13H16N2O4. The number of carbonyl (C=O) groups excluding carboxylic acids is 1. The molecule has 1 amide bonds. The second-order valence-electron chi connectivity index (χ2n) is 4.33. The topological polar surface area (TPSA) is 77.0 Å². The quantitative estimate of drug-likeness (QED) is 0.844. The van der Waals surface area contributed by atoms with Gasteiger partial charge in [-0.05, 0) is 30.2 Å². The second-order valence-corrected chi connectivity index (χ2v) is 4.33. The molecule has 0 radical (unpaired) electrons. The molecule has 0 aliphatic carbocycles. The SMILES string of the molecule is COc1ccc(C(=O)NC2CCOCC2)c(N=O)c1. The maximum atomic E-state index is 12.1. The lowest BCUT2D eigenvalue weighted by Crippen LogP contribution is -2.38. The van der Waals surface area contributed by atoms with Crippen molar-refractivity contribution in [2.45, 2.75) is 18.9 Å². The van der Waals surface area contributed by atoms with Crippen LogP contribution in [-0.2, 0) is 4.74 Å². The second kappa shape index (κ2) is 6.29. The number of nitrogens with one attached hydrogen (secondary N) is 1. The van der Waals surface area contributed by atoms with E-state index in [4.69, 9.17) is 9.47 Å². The van der Waals surface area contributed by atoms with E-state index in [2.05, 4.69) is 10.5 Å². The predicted molar refractivity (Wildman–Crippen MR) is 69.8 cm³/mol. The fourth-order valence-corrected chi connectivity index (χ4v) is 2.01. The van der Waals surface area contributed by atoms with Gasteiger partial charge in [0.25, 0.3) is 5.91 Å². The molecule has 1 aliphatic heterocycles. The normalized spacial score (nSPS) is 15.8. The van der Waals surface area contributed by atoms with Gasteiger partial charge in [-0.25, -0.2) is 0 Å². The van der Waals surface area contributed by atoms with Gasteiger partial charge in [0, 0.05) is 25.3 Å². The number of hydrogen-bond acceptors (Lipinski definition) is 5. The van der Waals surface area contributed by atoms with Crippen molar-refractivity contribution in [2.75, 3.05) is 20.3 Å². The average molecular weight is 264 g/mol. The molecule has 19 heavy (non-hydrogen) atoms. The molecule has 0 aromatic heterocycles. The van der Waals surface area contributed by atoms with E-state index in [1.807, 2.05) is 0 Å². The molecule has 1 heterocycles. The van der Waals surface area contributed by atoms with Gasteiger partial charge in [-0.1, -0.05) is 0 Å². The highest BCUT2D eigenvalue weighted by Crippen LogP contribution is 2.25. The van der Waals surface area contributed by atoms with Crippen LogP contribution in [0.25, 0.3) is 0 Å². The van der Waals surface area contributed by atoms with E-state index in [1.165, 1.54) is 13.2 Å². The van der Waals surface area contributed by atoms with Crippen LogP contribution in [0.3, 0.4) is 0 Å². The number of carbonyl (C=O) groups is 1. The number of hydrogen-bond donors (Lipinski definition) is 1. The highest BCUT2D eigenvalue weighted by Gasteiger charge is 2.19. The minimum atomic E-state index is -0.288. The van der Waals surface area contributed by atoms with E-state index >= 15 is 0 Å². The van der Waals surface area contributed by atoms with Gasteiger partial charge in [0.15, 0.2) is 0 Å². The zero-order valence-corrected chi connectivity index (χ0v) is 10.7. The Morgan fingerprint density at radius 3 is 2.79 bits per heavy atom. The molecule has 0 atom stereocenters. The highest BCUT2D eigenvalue weighted by atomic mass is 16.5. The number of ether oxygens (including phenoxy) is 2. The first-order valence-electron chi connectivity index (χ1n) is 6.14. The molecule has 1 N–H and O–H groups in total. The van der Waals surface area contributed by atoms with Gasteiger partial charge in [0.1, 0.15) is 11.4 Å². The zero-order valence-electron chi connectivity index (χ0n) is 10.7. The summed E-state index contributed by atoms with van der Waals surface area (Å²) in [7, 11) is 1.49. The lowest BCUT2D eigenvalue weighted by molar-refractivity contribution is 0.0697.